The molecule has 1 amide bonds. The topological polar surface area (TPSA) is 181 Å². The van der Waals surface area contributed by atoms with Crippen LogP contribution < -0.4 is 14.8 Å². The lowest BCUT2D eigenvalue weighted by Crippen LogP contribution is -2.48. The quantitative estimate of drug-likeness (QED) is 0.208. The first-order valence-electron chi connectivity index (χ1n) is 11.1. The Morgan fingerprint density at radius 3 is 1.79 bits per heavy atom. The monoisotopic (exact) mass is 538 g/mol. The average molecular weight is 538 g/mol. The molecule has 3 aromatic carbocycles. The number of aliphatic carboxylic acids is 1. The van der Waals surface area contributed by atoms with E-state index in [0.29, 0.717) is 0 Å². The zero-order chi connectivity index (χ0) is 28.5. The average Bonchev–Trinajstić information content (AvgIpc) is 2.94. The summed E-state index contributed by atoms with van der Waals surface area (Å²) in [6.45, 7) is 0. The summed E-state index contributed by atoms with van der Waals surface area (Å²) in [5, 5.41) is 23.2. The van der Waals surface area contributed by atoms with Crippen LogP contribution in [-0.4, -0.2) is 60.3 Å². The maximum atomic E-state index is 13.2. The molecular formula is C26H22N2O11. The molecule has 0 saturated heterocycles. The molecule has 0 spiro atoms. The fourth-order valence-corrected chi connectivity index (χ4v) is 3.27. The van der Waals surface area contributed by atoms with Gasteiger partial charge in [0.25, 0.3) is 11.6 Å². The highest BCUT2D eigenvalue weighted by Crippen LogP contribution is 2.21. The van der Waals surface area contributed by atoms with Crippen molar-refractivity contribution >= 4 is 35.2 Å². The van der Waals surface area contributed by atoms with Crippen LogP contribution in [0.2, 0.25) is 0 Å². The standard InChI is InChI=1S/C26H22N2O11/c1-36-19-10-3-6-15(12-19)25(32)38-21(23(29)27-17-8-5-9-18(14-17)28(34)35)22(24(30)31)39-26(33)16-7-4-11-20(13-16)37-2/h3-14,21-22H,1-2H3,(H,27,29)(H,30,31)/t21-,22-/m1/s1. The predicted octanol–water partition coefficient (Wildman–Crippen LogP) is 3.09. The number of anilines is 1. The Labute approximate surface area is 221 Å². The van der Waals surface area contributed by atoms with E-state index in [1.807, 2.05) is 0 Å². The summed E-state index contributed by atoms with van der Waals surface area (Å²) in [6, 6.07) is 16.0. The van der Waals surface area contributed by atoms with Crippen molar-refractivity contribution in [2.24, 2.45) is 0 Å². The number of rotatable bonds is 11. The number of carbonyl (C=O) groups excluding carboxylic acids is 3. The normalized spacial score (nSPS) is 11.8. The SMILES string of the molecule is COc1cccc(C(=O)O[C@@H](C(=O)O)[C@@H](OC(=O)c2cccc(OC)c2)C(=O)Nc2cccc([N+](=O)[O-])c2)c1. The number of nitrogens with zero attached hydrogens (tertiary/aromatic N) is 1. The summed E-state index contributed by atoms with van der Waals surface area (Å²) in [6.07, 6.45) is -4.52. The third kappa shape index (κ3) is 7.29. The number of carboxylic acid groups (broad SMARTS) is 1. The van der Waals surface area contributed by atoms with Crippen LogP contribution in [0.3, 0.4) is 0 Å². The van der Waals surface area contributed by atoms with E-state index in [2.05, 4.69) is 5.32 Å². The van der Waals surface area contributed by atoms with Gasteiger partial charge in [-0.3, -0.25) is 14.9 Å². The zero-order valence-corrected chi connectivity index (χ0v) is 20.6. The van der Waals surface area contributed by atoms with Crippen LogP contribution in [0.5, 0.6) is 11.5 Å². The van der Waals surface area contributed by atoms with Crippen LogP contribution in [0.25, 0.3) is 0 Å². The van der Waals surface area contributed by atoms with Crippen molar-refractivity contribution in [3.05, 3.63) is 94.0 Å². The second-order valence-corrected chi connectivity index (χ2v) is 7.75. The van der Waals surface area contributed by atoms with Gasteiger partial charge < -0.3 is 29.4 Å². The number of ether oxygens (including phenoxy) is 4. The second kappa shape index (κ2) is 12.7. The molecule has 0 unspecified atom stereocenters. The molecule has 0 radical (unpaired) electrons. The molecule has 3 aromatic rings. The number of nitro groups is 1. The summed E-state index contributed by atoms with van der Waals surface area (Å²) in [7, 11) is 2.72. The number of amides is 1. The van der Waals surface area contributed by atoms with E-state index in [4.69, 9.17) is 18.9 Å². The van der Waals surface area contributed by atoms with Crippen molar-refractivity contribution in [2.75, 3.05) is 19.5 Å². The van der Waals surface area contributed by atoms with Crippen molar-refractivity contribution in [3.63, 3.8) is 0 Å². The first-order valence-corrected chi connectivity index (χ1v) is 11.1. The Balaban J connectivity index is 1.95. The second-order valence-electron chi connectivity index (χ2n) is 7.75. The Morgan fingerprint density at radius 1 is 0.795 bits per heavy atom. The van der Waals surface area contributed by atoms with Gasteiger partial charge in [-0.15, -0.1) is 0 Å². The van der Waals surface area contributed by atoms with Crippen LogP contribution in [0.15, 0.2) is 72.8 Å². The van der Waals surface area contributed by atoms with Crippen molar-refractivity contribution in [2.45, 2.75) is 12.2 Å². The van der Waals surface area contributed by atoms with E-state index in [-0.39, 0.29) is 34.0 Å². The number of hydrogen-bond donors (Lipinski definition) is 2. The minimum Gasteiger partial charge on any atom is -0.497 e. The molecule has 3 rings (SSSR count). The number of carboxylic acids is 1. The number of methoxy groups -OCH3 is 2. The summed E-state index contributed by atoms with van der Waals surface area (Å²) in [5.74, 6) is -4.74. The molecule has 39 heavy (non-hydrogen) atoms. The Morgan fingerprint density at radius 2 is 1.31 bits per heavy atom. The van der Waals surface area contributed by atoms with E-state index in [1.54, 1.807) is 6.07 Å². The molecule has 13 heteroatoms. The minimum absolute atomic E-state index is 0.0919. The van der Waals surface area contributed by atoms with Crippen molar-refractivity contribution in [1.82, 2.24) is 0 Å². The molecule has 0 bridgehead atoms. The highest BCUT2D eigenvalue weighted by atomic mass is 16.6. The molecular weight excluding hydrogens is 516 g/mol. The number of non-ortho nitro benzene ring substituents is 1. The molecule has 0 fully saturated rings. The van der Waals surface area contributed by atoms with Crippen LogP contribution in [0.4, 0.5) is 11.4 Å². The summed E-state index contributed by atoms with van der Waals surface area (Å²) in [5.41, 5.74) is -0.653. The zero-order valence-electron chi connectivity index (χ0n) is 20.6. The lowest BCUT2D eigenvalue weighted by atomic mass is 10.1. The lowest BCUT2D eigenvalue weighted by molar-refractivity contribution is -0.384. The first-order chi connectivity index (χ1) is 18.6. The summed E-state index contributed by atoms with van der Waals surface area (Å²) in [4.78, 5) is 61.4. The lowest BCUT2D eigenvalue weighted by Gasteiger charge is -2.23. The molecule has 2 N–H and O–H groups in total. The number of hydrogen-bond acceptors (Lipinski definition) is 10. The van der Waals surface area contributed by atoms with E-state index >= 15 is 0 Å². The van der Waals surface area contributed by atoms with E-state index < -0.39 is 40.9 Å². The van der Waals surface area contributed by atoms with Crippen molar-refractivity contribution < 1.29 is 48.2 Å². The maximum Gasteiger partial charge on any atom is 0.349 e. The Kier molecular flexibility index (Phi) is 9.14. The molecule has 0 aromatic heterocycles. The smallest absolute Gasteiger partial charge is 0.349 e. The van der Waals surface area contributed by atoms with Gasteiger partial charge in [-0.2, -0.15) is 0 Å². The predicted molar refractivity (Wildman–Crippen MR) is 134 cm³/mol. The molecule has 13 nitrogen and oxygen atoms in total. The maximum absolute atomic E-state index is 13.2. The van der Waals surface area contributed by atoms with Gasteiger partial charge in [0.05, 0.1) is 30.3 Å². The molecule has 202 valence electrons. The van der Waals surface area contributed by atoms with Gasteiger partial charge >= 0.3 is 17.9 Å². The largest absolute Gasteiger partial charge is 0.497 e. The van der Waals surface area contributed by atoms with E-state index in [1.165, 1.54) is 74.9 Å². The van der Waals surface area contributed by atoms with Gasteiger partial charge in [0, 0.05) is 17.8 Å². The van der Waals surface area contributed by atoms with Gasteiger partial charge in [0.2, 0.25) is 12.2 Å². The van der Waals surface area contributed by atoms with Crippen LogP contribution >= 0.6 is 0 Å². The molecule has 0 heterocycles. The fraction of sp³-hybridized carbons (Fsp3) is 0.154. The van der Waals surface area contributed by atoms with Crippen molar-refractivity contribution in [1.29, 1.82) is 0 Å². The van der Waals surface area contributed by atoms with Gasteiger partial charge in [0.1, 0.15) is 11.5 Å². The molecule has 2 atom stereocenters. The number of nitro benzene ring substituents is 1. The molecule has 0 aliphatic heterocycles. The van der Waals surface area contributed by atoms with Crippen molar-refractivity contribution in [3.8, 4) is 11.5 Å². The molecule has 0 saturated carbocycles. The highest BCUT2D eigenvalue weighted by Gasteiger charge is 2.41. The Bertz CT molecular complexity index is 1410. The number of benzene rings is 3. The summed E-state index contributed by atoms with van der Waals surface area (Å²) < 4.78 is 20.4. The Hall–Kier alpha value is -5.46. The number of carbonyl (C=O) groups is 4. The fourth-order valence-electron chi connectivity index (χ4n) is 3.27. The third-order valence-electron chi connectivity index (χ3n) is 5.18. The summed E-state index contributed by atoms with van der Waals surface area (Å²) >= 11 is 0. The van der Waals surface area contributed by atoms with Crippen LogP contribution in [0.1, 0.15) is 20.7 Å². The van der Waals surface area contributed by atoms with Crippen LogP contribution in [-0.2, 0) is 19.1 Å². The van der Waals surface area contributed by atoms with E-state index in [0.717, 1.165) is 6.07 Å². The van der Waals surface area contributed by atoms with Gasteiger partial charge in [-0.1, -0.05) is 18.2 Å². The first kappa shape index (κ1) is 28.1. The highest BCUT2D eigenvalue weighted by molar-refractivity contribution is 6.01. The van der Waals surface area contributed by atoms with E-state index in [9.17, 15) is 34.4 Å². The molecule has 0 aliphatic rings. The minimum atomic E-state index is -2.31. The third-order valence-corrected chi connectivity index (χ3v) is 5.18. The van der Waals surface area contributed by atoms with Gasteiger partial charge in [-0.05, 0) is 42.5 Å². The van der Waals surface area contributed by atoms with Crippen LogP contribution in [0, 0.1) is 10.1 Å². The van der Waals surface area contributed by atoms with Gasteiger partial charge in [0.15, 0.2) is 0 Å². The van der Waals surface area contributed by atoms with Gasteiger partial charge in [-0.25, -0.2) is 14.4 Å². The number of nitrogens with one attached hydrogen (secondary N) is 1. The molecule has 0 aliphatic carbocycles. The number of esters is 2.